The monoisotopic (exact) mass is 430 g/mol. The maximum absolute atomic E-state index is 13.0. The fraction of sp³-hybridized carbons (Fsp3) is 0.294. The average molecular weight is 431 g/mol. The molecule has 2 amide bonds. The van der Waals surface area contributed by atoms with Gasteiger partial charge in [-0.05, 0) is 52.7 Å². The first kappa shape index (κ1) is 18.5. The third-order valence-electron chi connectivity index (χ3n) is 4.00. The lowest BCUT2D eigenvalue weighted by atomic mass is 10.1. The van der Waals surface area contributed by atoms with Gasteiger partial charge < -0.3 is 9.32 Å². The van der Waals surface area contributed by atoms with Crippen LogP contribution in [0.5, 0.6) is 0 Å². The fourth-order valence-electron chi connectivity index (χ4n) is 2.70. The standard InChI is InChI=1S/C17H14BrF3N2O3/c18-14-7-6-13(26-14)16(25)23(10-22-8-2-5-15(22)24)12-4-1-3-11(9-12)17(19,20)21/h1,3-4,6-7,9H,2,5,8,10H2. The highest BCUT2D eigenvalue weighted by molar-refractivity contribution is 9.10. The van der Waals surface area contributed by atoms with E-state index in [9.17, 15) is 22.8 Å². The molecule has 0 N–H and O–H groups in total. The number of benzene rings is 1. The first-order chi connectivity index (χ1) is 12.3. The molecule has 1 aromatic carbocycles. The maximum Gasteiger partial charge on any atom is 0.416 e. The van der Waals surface area contributed by atoms with Gasteiger partial charge in [-0.1, -0.05) is 6.07 Å². The summed E-state index contributed by atoms with van der Waals surface area (Å²) in [6, 6.07) is 7.36. The Morgan fingerprint density at radius 1 is 1.27 bits per heavy atom. The van der Waals surface area contributed by atoms with Gasteiger partial charge >= 0.3 is 6.18 Å². The quantitative estimate of drug-likeness (QED) is 0.726. The van der Waals surface area contributed by atoms with E-state index in [4.69, 9.17) is 4.42 Å². The number of likely N-dealkylation sites (tertiary alicyclic amines) is 1. The summed E-state index contributed by atoms with van der Waals surface area (Å²) in [5.74, 6) is -0.814. The molecule has 0 unspecified atom stereocenters. The second kappa shape index (κ2) is 7.14. The molecule has 1 aliphatic heterocycles. The number of furan rings is 1. The van der Waals surface area contributed by atoms with E-state index in [-0.39, 0.29) is 24.0 Å². The van der Waals surface area contributed by atoms with E-state index < -0.39 is 17.6 Å². The number of anilines is 1. The van der Waals surface area contributed by atoms with Crippen molar-refractivity contribution >= 4 is 33.4 Å². The summed E-state index contributed by atoms with van der Waals surface area (Å²) in [4.78, 5) is 27.3. The molecule has 0 radical (unpaired) electrons. The van der Waals surface area contributed by atoms with Crippen molar-refractivity contribution in [3.63, 3.8) is 0 Å². The van der Waals surface area contributed by atoms with Gasteiger partial charge in [-0.25, -0.2) is 0 Å². The Hall–Kier alpha value is -2.29. The molecule has 2 heterocycles. The number of nitrogens with zero attached hydrogens (tertiary/aromatic N) is 2. The van der Waals surface area contributed by atoms with Gasteiger partial charge in [0.05, 0.1) is 5.56 Å². The maximum atomic E-state index is 13.0. The average Bonchev–Trinajstić information content (AvgIpc) is 3.20. The number of hydrogen-bond donors (Lipinski definition) is 0. The van der Waals surface area contributed by atoms with Crippen molar-refractivity contribution < 1.29 is 27.2 Å². The van der Waals surface area contributed by atoms with Gasteiger partial charge in [-0.15, -0.1) is 0 Å². The molecule has 9 heteroatoms. The molecular weight excluding hydrogens is 417 g/mol. The van der Waals surface area contributed by atoms with Crippen molar-refractivity contribution in [3.8, 4) is 0 Å². The zero-order valence-electron chi connectivity index (χ0n) is 13.4. The molecule has 138 valence electrons. The van der Waals surface area contributed by atoms with Gasteiger partial charge in [0.15, 0.2) is 10.4 Å². The Morgan fingerprint density at radius 2 is 2.04 bits per heavy atom. The smallest absolute Gasteiger partial charge is 0.416 e. The van der Waals surface area contributed by atoms with Crippen molar-refractivity contribution in [2.24, 2.45) is 0 Å². The summed E-state index contributed by atoms with van der Waals surface area (Å²) in [7, 11) is 0. The second-order valence-electron chi connectivity index (χ2n) is 5.79. The van der Waals surface area contributed by atoms with Gasteiger partial charge in [-0.2, -0.15) is 13.2 Å². The molecule has 1 aliphatic rings. The van der Waals surface area contributed by atoms with E-state index >= 15 is 0 Å². The van der Waals surface area contributed by atoms with Crippen LogP contribution in [0.4, 0.5) is 18.9 Å². The Balaban J connectivity index is 1.97. The summed E-state index contributed by atoms with van der Waals surface area (Å²) in [6.07, 6.45) is -3.53. The van der Waals surface area contributed by atoms with Crippen LogP contribution in [0.25, 0.3) is 0 Å². The van der Waals surface area contributed by atoms with Crippen molar-refractivity contribution in [2.45, 2.75) is 19.0 Å². The zero-order valence-corrected chi connectivity index (χ0v) is 15.0. The minimum atomic E-state index is -4.54. The third kappa shape index (κ3) is 3.92. The lowest BCUT2D eigenvalue weighted by molar-refractivity contribution is -0.137. The molecule has 3 rings (SSSR count). The van der Waals surface area contributed by atoms with E-state index in [0.29, 0.717) is 24.1 Å². The molecule has 0 bridgehead atoms. The molecule has 1 fully saturated rings. The number of alkyl halides is 3. The fourth-order valence-corrected chi connectivity index (χ4v) is 3.01. The predicted octanol–water partition coefficient (Wildman–Crippen LogP) is 4.29. The molecule has 0 spiro atoms. The minimum absolute atomic E-state index is 0.0389. The highest BCUT2D eigenvalue weighted by Crippen LogP contribution is 2.32. The number of hydrogen-bond acceptors (Lipinski definition) is 3. The van der Waals surface area contributed by atoms with Crippen LogP contribution in [-0.4, -0.2) is 29.9 Å². The van der Waals surface area contributed by atoms with Gasteiger partial charge in [-0.3, -0.25) is 14.5 Å². The molecule has 0 aliphatic carbocycles. The molecule has 26 heavy (non-hydrogen) atoms. The van der Waals surface area contributed by atoms with Crippen molar-refractivity contribution in [1.29, 1.82) is 0 Å². The highest BCUT2D eigenvalue weighted by Gasteiger charge is 2.33. The number of carbonyl (C=O) groups is 2. The van der Waals surface area contributed by atoms with Crippen LogP contribution >= 0.6 is 15.9 Å². The van der Waals surface area contributed by atoms with Crippen LogP contribution in [0.15, 0.2) is 45.5 Å². The summed E-state index contributed by atoms with van der Waals surface area (Å²) in [5, 5.41) is 0. The van der Waals surface area contributed by atoms with E-state index in [1.807, 2.05) is 0 Å². The van der Waals surface area contributed by atoms with Crippen LogP contribution in [-0.2, 0) is 11.0 Å². The van der Waals surface area contributed by atoms with Crippen LogP contribution in [0.3, 0.4) is 0 Å². The zero-order chi connectivity index (χ0) is 18.9. The first-order valence-corrected chi connectivity index (χ1v) is 8.57. The van der Waals surface area contributed by atoms with E-state index in [1.54, 1.807) is 0 Å². The van der Waals surface area contributed by atoms with Crippen LogP contribution < -0.4 is 4.90 Å². The van der Waals surface area contributed by atoms with Crippen molar-refractivity contribution in [1.82, 2.24) is 4.90 Å². The van der Waals surface area contributed by atoms with E-state index in [2.05, 4.69) is 15.9 Å². The number of amides is 2. The Morgan fingerprint density at radius 3 is 2.62 bits per heavy atom. The summed E-state index contributed by atoms with van der Waals surface area (Å²) in [5.41, 5.74) is -0.835. The Labute approximate surface area is 155 Å². The van der Waals surface area contributed by atoms with Gasteiger partial charge in [0.2, 0.25) is 5.91 Å². The minimum Gasteiger partial charge on any atom is -0.444 e. The van der Waals surface area contributed by atoms with Crippen molar-refractivity contribution in [2.75, 3.05) is 18.1 Å². The Bertz CT molecular complexity index is 835. The lowest BCUT2D eigenvalue weighted by Crippen LogP contribution is -2.42. The van der Waals surface area contributed by atoms with Gasteiger partial charge in [0, 0.05) is 18.7 Å². The van der Waals surface area contributed by atoms with Crippen LogP contribution in [0.2, 0.25) is 0 Å². The van der Waals surface area contributed by atoms with Crippen LogP contribution in [0.1, 0.15) is 29.0 Å². The topological polar surface area (TPSA) is 53.8 Å². The highest BCUT2D eigenvalue weighted by atomic mass is 79.9. The predicted molar refractivity (Wildman–Crippen MR) is 90.5 cm³/mol. The van der Waals surface area contributed by atoms with E-state index in [0.717, 1.165) is 17.0 Å². The molecule has 0 atom stereocenters. The molecule has 1 saturated heterocycles. The first-order valence-electron chi connectivity index (χ1n) is 7.78. The van der Waals surface area contributed by atoms with Gasteiger partial charge in [0.1, 0.15) is 6.67 Å². The van der Waals surface area contributed by atoms with Crippen LogP contribution in [0, 0.1) is 0 Å². The summed E-state index contributed by atoms with van der Waals surface area (Å²) in [6.45, 7) is 0.306. The lowest BCUT2D eigenvalue weighted by Gasteiger charge is -2.27. The molecule has 0 saturated carbocycles. The number of halogens is 4. The molecule has 2 aromatic rings. The summed E-state index contributed by atoms with van der Waals surface area (Å²) >= 11 is 3.09. The van der Waals surface area contributed by atoms with Crippen molar-refractivity contribution in [3.05, 3.63) is 52.4 Å². The largest absolute Gasteiger partial charge is 0.444 e. The number of carbonyl (C=O) groups excluding carboxylic acids is 2. The normalized spacial score (nSPS) is 14.8. The SMILES string of the molecule is O=C1CCCN1CN(C(=O)c1ccc(Br)o1)c1cccc(C(F)(F)F)c1. The second-order valence-corrected chi connectivity index (χ2v) is 6.57. The third-order valence-corrected chi connectivity index (χ3v) is 4.42. The van der Waals surface area contributed by atoms with E-state index in [1.165, 1.54) is 29.2 Å². The molecule has 5 nitrogen and oxygen atoms in total. The molecule has 1 aromatic heterocycles. The van der Waals surface area contributed by atoms with Gasteiger partial charge in [0.25, 0.3) is 5.91 Å². The Kier molecular flexibility index (Phi) is 5.08. The molecular formula is C17H14BrF3N2O3. The summed E-state index contributed by atoms with van der Waals surface area (Å²) < 4.78 is 44.7. The number of rotatable bonds is 4.